The molecule has 3 nitrogen and oxygen atoms in total. The van der Waals surface area contributed by atoms with Crippen molar-refractivity contribution in [1.82, 2.24) is 9.55 Å². The molecule has 1 aliphatic rings. The predicted octanol–water partition coefficient (Wildman–Crippen LogP) is 2.74. The molecule has 0 aliphatic carbocycles. The first kappa shape index (κ1) is 9.85. The molecule has 0 saturated carbocycles. The van der Waals surface area contributed by atoms with Gasteiger partial charge in [-0.2, -0.15) is 0 Å². The Morgan fingerprint density at radius 3 is 2.94 bits per heavy atom. The van der Waals surface area contributed by atoms with E-state index in [9.17, 15) is 0 Å². The smallest absolute Gasteiger partial charge is 0.141 e. The number of rotatable bonds is 0. The maximum atomic E-state index is 6.12. The molecular formula is C12H12ClN3. The lowest BCUT2D eigenvalue weighted by molar-refractivity contribution is 0.708. The molecule has 1 aliphatic heterocycles. The Balaban J connectivity index is 2.50. The zero-order valence-electron chi connectivity index (χ0n) is 9.29. The van der Waals surface area contributed by atoms with Gasteiger partial charge < -0.3 is 4.57 Å². The highest BCUT2D eigenvalue weighted by Gasteiger charge is 2.18. The van der Waals surface area contributed by atoms with E-state index in [1.807, 2.05) is 13.1 Å². The number of halogens is 1. The molecule has 0 unspecified atom stereocenters. The van der Waals surface area contributed by atoms with Gasteiger partial charge in [-0.1, -0.05) is 11.6 Å². The zero-order valence-corrected chi connectivity index (χ0v) is 10.0. The molecule has 3 heterocycles. The van der Waals surface area contributed by atoms with E-state index in [0.717, 1.165) is 29.3 Å². The van der Waals surface area contributed by atoms with Gasteiger partial charge in [-0.15, -0.1) is 0 Å². The van der Waals surface area contributed by atoms with Gasteiger partial charge >= 0.3 is 0 Å². The van der Waals surface area contributed by atoms with Crippen LogP contribution in [0.3, 0.4) is 0 Å². The van der Waals surface area contributed by atoms with Crippen LogP contribution >= 0.6 is 11.6 Å². The second kappa shape index (κ2) is 3.32. The quantitative estimate of drug-likeness (QED) is 0.688. The maximum Gasteiger partial charge on any atom is 0.141 e. The lowest BCUT2D eigenvalue weighted by atomic mass is 10.1. The van der Waals surface area contributed by atoms with Crippen molar-refractivity contribution < 1.29 is 0 Å². The van der Waals surface area contributed by atoms with Crippen molar-refractivity contribution in [1.29, 1.82) is 0 Å². The van der Waals surface area contributed by atoms with Crippen LogP contribution in [0.5, 0.6) is 0 Å². The molecule has 16 heavy (non-hydrogen) atoms. The van der Waals surface area contributed by atoms with Crippen LogP contribution in [0, 0.1) is 13.8 Å². The highest BCUT2D eigenvalue weighted by molar-refractivity contribution is 6.32. The number of nitrogens with zero attached hydrogens (tertiary/aromatic N) is 3. The summed E-state index contributed by atoms with van der Waals surface area (Å²) in [6, 6.07) is 0. The van der Waals surface area contributed by atoms with Crippen LogP contribution in [0.1, 0.15) is 16.8 Å². The Morgan fingerprint density at radius 1 is 1.31 bits per heavy atom. The van der Waals surface area contributed by atoms with E-state index in [1.165, 1.54) is 16.6 Å². The highest BCUT2D eigenvalue weighted by atomic mass is 35.5. The summed E-state index contributed by atoms with van der Waals surface area (Å²) in [5, 5.41) is 1.91. The van der Waals surface area contributed by atoms with Crippen molar-refractivity contribution in [3.05, 3.63) is 28.0 Å². The highest BCUT2D eigenvalue weighted by Crippen LogP contribution is 2.30. The topological polar surface area (TPSA) is 30.2 Å². The van der Waals surface area contributed by atoms with Gasteiger partial charge in [0.05, 0.1) is 17.3 Å². The third-order valence-electron chi connectivity index (χ3n) is 3.23. The van der Waals surface area contributed by atoms with E-state index < -0.39 is 0 Å². The molecule has 0 N–H and O–H groups in total. The Bertz CT molecular complexity index is 610. The second-order valence-electron chi connectivity index (χ2n) is 4.13. The third kappa shape index (κ3) is 1.15. The van der Waals surface area contributed by atoms with Crippen molar-refractivity contribution in [2.45, 2.75) is 20.4 Å². The fraction of sp³-hybridized carbons (Fsp3) is 0.333. The van der Waals surface area contributed by atoms with Crippen molar-refractivity contribution in [2.24, 2.45) is 4.99 Å². The van der Waals surface area contributed by atoms with Crippen LogP contribution in [0.4, 0.5) is 0 Å². The predicted molar refractivity (Wildman–Crippen MR) is 66.7 cm³/mol. The lowest BCUT2D eigenvalue weighted by Crippen LogP contribution is -2.11. The molecule has 0 fully saturated rings. The minimum Gasteiger partial charge on any atom is -0.322 e. The monoisotopic (exact) mass is 233 g/mol. The number of fused-ring (bicyclic) bond motifs is 3. The molecule has 0 saturated heterocycles. The molecule has 2 aromatic heterocycles. The van der Waals surface area contributed by atoms with Crippen LogP contribution in [0.25, 0.3) is 11.0 Å². The molecule has 4 heteroatoms. The number of aliphatic imine (C=N–C) groups is 1. The maximum absolute atomic E-state index is 6.12. The first-order chi connectivity index (χ1) is 7.70. The Kier molecular flexibility index (Phi) is 2.04. The minimum atomic E-state index is 0.732. The lowest BCUT2D eigenvalue weighted by Gasteiger charge is -2.10. The number of aromatic nitrogens is 2. The summed E-state index contributed by atoms with van der Waals surface area (Å²) in [6.07, 6.45) is 3.67. The van der Waals surface area contributed by atoms with E-state index in [-0.39, 0.29) is 0 Å². The Hall–Kier alpha value is -1.35. The molecule has 2 aromatic rings. The first-order valence-corrected chi connectivity index (χ1v) is 5.71. The van der Waals surface area contributed by atoms with Crippen LogP contribution in [-0.2, 0) is 6.54 Å². The summed E-state index contributed by atoms with van der Waals surface area (Å²) in [5.74, 6) is 0. The summed E-state index contributed by atoms with van der Waals surface area (Å²) in [5.41, 5.74) is 4.53. The Morgan fingerprint density at radius 2 is 2.12 bits per heavy atom. The summed E-state index contributed by atoms with van der Waals surface area (Å²) in [7, 11) is 0. The fourth-order valence-corrected chi connectivity index (χ4v) is 2.51. The molecule has 0 radical (unpaired) electrons. The fourth-order valence-electron chi connectivity index (χ4n) is 2.37. The van der Waals surface area contributed by atoms with Crippen LogP contribution < -0.4 is 0 Å². The Labute approximate surface area is 98.8 Å². The van der Waals surface area contributed by atoms with Gasteiger partial charge in [-0.3, -0.25) is 4.99 Å². The standard InChI is InChI=1S/C12H12ClN3/c1-7-9(13)5-15-12-11(7)8(2)10-6-14-3-4-16(10)12/h5-6H,3-4H2,1-2H3. The van der Waals surface area contributed by atoms with Crippen LogP contribution in [-0.4, -0.2) is 22.3 Å². The van der Waals surface area contributed by atoms with Gasteiger partial charge in [0, 0.05) is 24.3 Å². The van der Waals surface area contributed by atoms with Crippen LogP contribution in [0.2, 0.25) is 5.02 Å². The van der Waals surface area contributed by atoms with Crippen molar-refractivity contribution in [3.8, 4) is 0 Å². The molecule has 82 valence electrons. The summed E-state index contributed by atoms with van der Waals surface area (Å²) >= 11 is 6.12. The van der Waals surface area contributed by atoms with E-state index in [2.05, 4.69) is 21.5 Å². The number of hydrogen-bond acceptors (Lipinski definition) is 2. The average molecular weight is 234 g/mol. The largest absolute Gasteiger partial charge is 0.322 e. The molecule has 0 atom stereocenters. The SMILES string of the molecule is Cc1c(Cl)cnc2c1c(C)c1n2CCN=C1. The summed E-state index contributed by atoms with van der Waals surface area (Å²) in [4.78, 5) is 8.77. The van der Waals surface area contributed by atoms with E-state index in [4.69, 9.17) is 11.6 Å². The third-order valence-corrected chi connectivity index (χ3v) is 3.61. The molecule has 0 spiro atoms. The van der Waals surface area contributed by atoms with E-state index in [0.29, 0.717) is 0 Å². The summed E-state index contributed by atoms with van der Waals surface area (Å²) < 4.78 is 2.22. The number of hydrogen-bond donors (Lipinski definition) is 0. The molecule has 0 bridgehead atoms. The van der Waals surface area contributed by atoms with Crippen molar-refractivity contribution in [2.75, 3.05) is 6.54 Å². The van der Waals surface area contributed by atoms with Gasteiger partial charge in [0.2, 0.25) is 0 Å². The van der Waals surface area contributed by atoms with Crippen molar-refractivity contribution in [3.63, 3.8) is 0 Å². The van der Waals surface area contributed by atoms with Gasteiger partial charge in [0.1, 0.15) is 5.65 Å². The molecular weight excluding hydrogens is 222 g/mol. The summed E-state index contributed by atoms with van der Waals surface area (Å²) in [6.45, 7) is 5.89. The molecule has 0 amide bonds. The van der Waals surface area contributed by atoms with Gasteiger partial charge in [-0.05, 0) is 25.0 Å². The second-order valence-corrected chi connectivity index (χ2v) is 4.53. The number of aryl methyl sites for hydroxylation is 2. The van der Waals surface area contributed by atoms with Gasteiger partial charge in [-0.25, -0.2) is 4.98 Å². The molecule has 0 aromatic carbocycles. The normalized spacial score (nSPS) is 14.4. The number of pyridine rings is 1. The molecule has 3 rings (SSSR count). The van der Waals surface area contributed by atoms with Crippen molar-refractivity contribution >= 4 is 28.8 Å². The van der Waals surface area contributed by atoms with Crippen LogP contribution in [0.15, 0.2) is 11.2 Å². The average Bonchev–Trinajstić information content (AvgIpc) is 2.59. The minimum absolute atomic E-state index is 0.732. The van der Waals surface area contributed by atoms with Gasteiger partial charge in [0.25, 0.3) is 0 Å². The van der Waals surface area contributed by atoms with E-state index in [1.54, 1.807) is 6.20 Å². The van der Waals surface area contributed by atoms with Gasteiger partial charge in [0.15, 0.2) is 0 Å². The van der Waals surface area contributed by atoms with E-state index >= 15 is 0 Å². The zero-order chi connectivity index (χ0) is 11.3. The first-order valence-electron chi connectivity index (χ1n) is 5.34.